The van der Waals surface area contributed by atoms with Gasteiger partial charge in [-0.2, -0.15) is 31.6 Å². The molecule has 0 atom stereocenters. The van der Waals surface area contributed by atoms with Crippen LogP contribution < -0.4 is 0 Å². The number of halogens is 6. The lowest BCUT2D eigenvalue weighted by Crippen LogP contribution is -2.42. The molecular formula is C4HF6NO. The van der Waals surface area contributed by atoms with Gasteiger partial charge in [0.25, 0.3) is 0 Å². The van der Waals surface area contributed by atoms with Gasteiger partial charge in [0.05, 0.1) is 0 Å². The molecule has 0 amide bonds. The van der Waals surface area contributed by atoms with Crippen molar-refractivity contribution < 1.29 is 31.1 Å². The lowest BCUT2D eigenvalue weighted by atomic mass is 10.3. The lowest BCUT2D eigenvalue weighted by molar-refractivity contribution is -0.379. The van der Waals surface area contributed by atoms with E-state index >= 15 is 0 Å². The van der Waals surface area contributed by atoms with Gasteiger partial charge in [0.2, 0.25) is 0 Å². The standard InChI is InChI=1S/C4HF6NO/c5-2(6)12-4(9,10)3(7,8)1-11/h2H. The number of hydrogen-bond donors (Lipinski definition) is 0. The van der Waals surface area contributed by atoms with Gasteiger partial charge in [-0.15, -0.1) is 0 Å². The van der Waals surface area contributed by atoms with Gasteiger partial charge >= 0.3 is 18.6 Å². The molecule has 8 heteroatoms. The maximum Gasteiger partial charge on any atom is 0.438 e. The fraction of sp³-hybridized carbons (Fsp3) is 0.750. The highest BCUT2D eigenvalue weighted by atomic mass is 19.3. The molecule has 0 rings (SSSR count). The second-order valence-corrected chi connectivity index (χ2v) is 1.58. The van der Waals surface area contributed by atoms with E-state index < -0.39 is 18.6 Å². The molecule has 0 heterocycles. The van der Waals surface area contributed by atoms with Crippen LogP contribution in [0.1, 0.15) is 0 Å². The Labute approximate surface area is 62.3 Å². The predicted molar refractivity (Wildman–Crippen MR) is 22.6 cm³/mol. The molecule has 0 aliphatic rings. The number of alkyl halides is 6. The highest BCUT2D eigenvalue weighted by Crippen LogP contribution is 2.35. The maximum atomic E-state index is 11.8. The highest BCUT2D eigenvalue weighted by molar-refractivity contribution is 4.97. The first-order chi connectivity index (χ1) is 5.23. The zero-order chi connectivity index (χ0) is 9.99. The predicted octanol–water partition coefficient (Wildman–Crippen LogP) is 1.98. The molecule has 0 saturated heterocycles. The van der Waals surface area contributed by atoms with Crippen molar-refractivity contribution in [3.63, 3.8) is 0 Å². The summed E-state index contributed by atoms with van der Waals surface area (Å²) in [6.45, 7) is -4.07. The van der Waals surface area contributed by atoms with Crippen LogP contribution in [0.5, 0.6) is 0 Å². The van der Waals surface area contributed by atoms with E-state index in [9.17, 15) is 26.3 Å². The van der Waals surface area contributed by atoms with E-state index in [1.54, 1.807) is 0 Å². The van der Waals surface area contributed by atoms with E-state index in [2.05, 4.69) is 4.74 Å². The van der Waals surface area contributed by atoms with Crippen molar-refractivity contribution in [2.75, 3.05) is 0 Å². The molecule has 0 N–H and O–H groups in total. The van der Waals surface area contributed by atoms with Crippen molar-refractivity contribution in [2.24, 2.45) is 0 Å². The Morgan fingerprint density at radius 2 is 1.58 bits per heavy atom. The van der Waals surface area contributed by atoms with Gasteiger partial charge in [0.1, 0.15) is 6.07 Å². The van der Waals surface area contributed by atoms with Crippen molar-refractivity contribution >= 4 is 0 Å². The lowest BCUT2D eigenvalue weighted by Gasteiger charge is -2.19. The van der Waals surface area contributed by atoms with Gasteiger partial charge in [0.15, 0.2) is 0 Å². The molecule has 0 aromatic rings. The Morgan fingerprint density at radius 3 is 1.83 bits per heavy atom. The molecule has 0 saturated carbocycles. The Hall–Kier alpha value is -0.970. The third-order valence-electron chi connectivity index (χ3n) is 0.743. The molecule has 0 aromatic carbocycles. The van der Waals surface area contributed by atoms with Crippen LogP contribution in [0.4, 0.5) is 26.3 Å². The highest BCUT2D eigenvalue weighted by Gasteiger charge is 2.60. The van der Waals surface area contributed by atoms with E-state index in [-0.39, 0.29) is 6.07 Å². The third kappa shape index (κ3) is 2.27. The van der Waals surface area contributed by atoms with Crippen molar-refractivity contribution in [1.82, 2.24) is 0 Å². The van der Waals surface area contributed by atoms with Gasteiger partial charge in [-0.25, -0.2) is 0 Å². The average Bonchev–Trinajstić information content (AvgIpc) is 1.84. The summed E-state index contributed by atoms with van der Waals surface area (Å²) in [5, 5.41) is 7.44. The zero-order valence-corrected chi connectivity index (χ0v) is 5.20. The number of rotatable bonds is 3. The summed E-state index contributed by atoms with van der Waals surface area (Å²) in [6.07, 6.45) is -5.48. The molecule has 0 unspecified atom stereocenters. The van der Waals surface area contributed by atoms with Crippen LogP contribution >= 0.6 is 0 Å². The second-order valence-electron chi connectivity index (χ2n) is 1.58. The van der Waals surface area contributed by atoms with Gasteiger partial charge in [0, 0.05) is 0 Å². The van der Waals surface area contributed by atoms with Crippen LogP contribution in [0.2, 0.25) is 0 Å². The minimum atomic E-state index is -5.48. The molecular weight excluding hydrogens is 192 g/mol. The van der Waals surface area contributed by atoms with Gasteiger partial charge in [-0.05, 0) is 0 Å². The topological polar surface area (TPSA) is 33.0 Å². The quantitative estimate of drug-likeness (QED) is 0.642. The Morgan fingerprint density at radius 1 is 1.17 bits per heavy atom. The van der Waals surface area contributed by atoms with Crippen molar-refractivity contribution in [3.8, 4) is 6.07 Å². The summed E-state index contributed by atoms with van der Waals surface area (Å²) in [5.74, 6) is -5.26. The Balaban J connectivity index is 4.52. The third-order valence-corrected chi connectivity index (χ3v) is 0.743. The van der Waals surface area contributed by atoms with E-state index in [1.165, 1.54) is 0 Å². The van der Waals surface area contributed by atoms with Crippen LogP contribution in [0.25, 0.3) is 0 Å². The molecule has 0 aliphatic heterocycles. The second kappa shape index (κ2) is 3.18. The Bertz CT molecular complexity index is 196. The first-order valence-corrected chi connectivity index (χ1v) is 2.36. The summed E-state index contributed by atoms with van der Waals surface area (Å²) in [6, 6.07) is -0.155. The van der Waals surface area contributed by atoms with E-state index in [4.69, 9.17) is 5.26 Å². The average molecular weight is 193 g/mol. The molecule has 0 aliphatic carbocycles. The summed E-state index contributed by atoms with van der Waals surface area (Å²) in [4.78, 5) is 0. The zero-order valence-electron chi connectivity index (χ0n) is 5.20. The summed E-state index contributed by atoms with van der Waals surface area (Å²) >= 11 is 0. The van der Waals surface area contributed by atoms with E-state index in [1.807, 2.05) is 0 Å². The van der Waals surface area contributed by atoms with E-state index in [0.717, 1.165) is 0 Å². The SMILES string of the molecule is N#CC(F)(F)C(F)(F)OC(F)F. The van der Waals surface area contributed by atoms with Crippen molar-refractivity contribution in [2.45, 2.75) is 18.6 Å². The molecule has 0 radical (unpaired) electrons. The molecule has 0 spiro atoms. The number of nitriles is 1. The van der Waals surface area contributed by atoms with Gasteiger partial charge < -0.3 is 0 Å². The van der Waals surface area contributed by atoms with Crippen LogP contribution in [0.15, 0.2) is 0 Å². The van der Waals surface area contributed by atoms with E-state index in [0.29, 0.717) is 0 Å². The van der Waals surface area contributed by atoms with Crippen LogP contribution in [-0.4, -0.2) is 18.6 Å². The summed E-state index contributed by atoms with van der Waals surface area (Å²) in [7, 11) is 0. The smallest absolute Gasteiger partial charge is 0.252 e. The Kier molecular flexibility index (Phi) is 2.93. The van der Waals surface area contributed by atoms with Crippen molar-refractivity contribution in [3.05, 3.63) is 0 Å². The molecule has 12 heavy (non-hydrogen) atoms. The molecule has 2 nitrogen and oxygen atoms in total. The number of ether oxygens (including phenoxy) is 1. The maximum absolute atomic E-state index is 11.8. The minimum absolute atomic E-state index is 0.155. The fourth-order valence-electron chi connectivity index (χ4n) is 0.251. The number of nitrogens with zero attached hydrogens (tertiary/aromatic N) is 1. The molecule has 70 valence electrons. The van der Waals surface area contributed by atoms with Crippen LogP contribution in [-0.2, 0) is 4.74 Å². The monoisotopic (exact) mass is 193 g/mol. The minimum Gasteiger partial charge on any atom is -0.252 e. The van der Waals surface area contributed by atoms with Crippen LogP contribution in [0, 0.1) is 11.3 Å². The first-order valence-electron chi connectivity index (χ1n) is 2.36. The number of hydrogen-bond acceptors (Lipinski definition) is 2. The normalized spacial score (nSPS) is 13.2. The van der Waals surface area contributed by atoms with Gasteiger partial charge in [-0.1, -0.05) is 0 Å². The molecule has 0 aromatic heterocycles. The summed E-state index contributed by atoms with van der Waals surface area (Å²) < 4.78 is 71.4. The first kappa shape index (κ1) is 11.0. The van der Waals surface area contributed by atoms with Crippen molar-refractivity contribution in [1.29, 1.82) is 5.26 Å². The fourth-order valence-corrected chi connectivity index (χ4v) is 0.251. The summed E-state index contributed by atoms with van der Waals surface area (Å²) in [5.41, 5.74) is 0. The van der Waals surface area contributed by atoms with Gasteiger partial charge in [-0.3, -0.25) is 4.74 Å². The molecule has 0 fully saturated rings. The van der Waals surface area contributed by atoms with Crippen LogP contribution in [0.3, 0.4) is 0 Å². The molecule has 0 bridgehead atoms. The largest absolute Gasteiger partial charge is 0.438 e.